The van der Waals surface area contributed by atoms with Gasteiger partial charge in [-0.15, -0.1) is 0 Å². The van der Waals surface area contributed by atoms with Gasteiger partial charge in [0.25, 0.3) is 0 Å². The summed E-state index contributed by atoms with van der Waals surface area (Å²) >= 11 is 0. The lowest BCUT2D eigenvalue weighted by molar-refractivity contribution is -0.160. The third-order valence-electron chi connectivity index (χ3n) is 1.61. The van der Waals surface area contributed by atoms with Crippen molar-refractivity contribution in [2.45, 2.75) is 26.1 Å². The number of alkyl halides is 3. The van der Waals surface area contributed by atoms with Gasteiger partial charge in [0.2, 0.25) is 5.91 Å². The molecule has 0 saturated heterocycles. The molecule has 0 aromatic carbocycles. The summed E-state index contributed by atoms with van der Waals surface area (Å²) in [5.41, 5.74) is 4.94. The highest BCUT2D eigenvalue weighted by Gasteiger charge is 2.30. The summed E-state index contributed by atoms with van der Waals surface area (Å²) in [4.78, 5) is 21.7. The number of ether oxygens (including phenoxy) is 1. The van der Waals surface area contributed by atoms with E-state index in [1.807, 2.05) is 5.32 Å². The standard InChI is InChI=1S/C8H13F3N2O3/c1-4(2)5(6(12)14)13-7(15)16-3-8(9,10)11/h4-5H,3H2,1-2H3,(H2,12,14)(H,13,15)/t5-/m1/s1. The van der Waals surface area contributed by atoms with Crippen molar-refractivity contribution in [3.63, 3.8) is 0 Å². The number of primary amides is 1. The molecule has 0 saturated carbocycles. The van der Waals surface area contributed by atoms with Gasteiger partial charge in [-0.2, -0.15) is 13.2 Å². The van der Waals surface area contributed by atoms with Crippen LogP contribution in [-0.4, -0.2) is 30.8 Å². The zero-order chi connectivity index (χ0) is 12.9. The van der Waals surface area contributed by atoms with E-state index >= 15 is 0 Å². The summed E-state index contributed by atoms with van der Waals surface area (Å²) in [6.45, 7) is 1.46. The molecule has 16 heavy (non-hydrogen) atoms. The van der Waals surface area contributed by atoms with Crippen LogP contribution in [-0.2, 0) is 9.53 Å². The van der Waals surface area contributed by atoms with E-state index in [4.69, 9.17) is 5.73 Å². The third-order valence-corrected chi connectivity index (χ3v) is 1.61. The molecule has 0 heterocycles. The van der Waals surface area contributed by atoms with E-state index in [0.29, 0.717) is 0 Å². The quantitative estimate of drug-likeness (QED) is 0.764. The van der Waals surface area contributed by atoms with Gasteiger partial charge in [-0.25, -0.2) is 4.79 Å². The van der Waals surface area contributed by atoms with Gasteiger partial charge in [-0.1, -0.05) is 13.8 Å². The number of rotatable bonds is 4. The van der Waals surface area contributed by atoms with Crippen molar-refractivity contribution in [1.82, 2.24) is 5.32 Å². The van der Waals surface area contributed by atoms with Gasteiger partial charge in [-0.05, 0) is 5.92 Å². The molecule has 94 valence electrons. The average Bonchev–Trinajstić information content (AvgIpc) is 2.08. The third kappa shape index (κ3) is 6.10. The molecule has 0 rings (SSSR count). The molecular weight excluding hydrogens is 229 g/mol. The predicted molar refractivity (Wildman–Crippen MR) is 48.4 cm³/mol. The van der Waals surface area contributed by atoms with Crippen LogP contribution in [0, 0.1) is 5.92 Å². The maximum Gasteiger partial charge on any atom is 0.422 e. The lowest BCUT2D eigenvalue weighted by atomic mass is 10.0. The van der Waals surface area contributed by atoms with Crippen LogP contribution in [0.4, 0.5) is 18.0 Å². The molecule has 0 aliphatic rings. The van der Waals surface area contributed by atoms with Crippen molar-refractivity contribution in [2.75, 3.05) is 6.61 Å². The lowest BCUT2D eigenvalue weighted by Crippen LogP contribution is -2.48. The highest BCUT2D eigenvalue weighted by atomic mass is 19.4. The van der Waals surface area contributed by atoms with Crippen molar-refractivity contribution < 1.29 is 27.5 Å². The fraction of sp³-hybridized carbons (Fsp3) is 0.750. The first-order valence-corrected chi connectivity index (χ1v) is 4.43. The van der Waals surface area contributed by atoms with E-state index in [1.54, 1.807) is 13.8 Å². The summed E-state index contributed by atoms with van der Waals surface area (Å²) in [5.74, 6) is -1.17. The molecule has 0 aliphatic carbocycles. The Balaban J connectivity index is 4.17. The Morgan fingerprint density at radius 1 is 1.38 bits per heavy atom. The molecule has 3 N–H and O–H groups in total. The smallest absolute Gasteiger partial charge is 0.422 e. The van der Waals surface area contributed by atoms with Gasteiger partial charge >= 0.3 is 12.3 Å². The SMILES string of the molecule is CC(C)[C@@H](NC(=O)OCC(F)(F)F)C(N)=O. The first kappa shape index (κ1) is 14.5. The molecule has 5 nitrogen and oxygen atoms in total. The number of amides is 2. The van der Waals surface area contributed by atoms with Crippen molar-refractivity contribution in [2.24, 2.45) is 11.7 Å². The lowest BCUT2D eigenvalue weighted by Gasteiger charge is -2.18. The average molecular weight is 242 g/mol. The van der Waals surface area contributed by atoms with Gasteiger partial charge in [-0.3, -0.25) is 4.79 Å². The Hall–Kier alpha value is -1.47. The van der Waals surface area contributed by atoms with E-state index in [9.17, 15) is 22.8 Å². The minimum absolute atomic E-state index is 0.337. The van der Waals surface area contributed by atoms with E-state index in [2.05, 4.69) is 4.74 Å². The largest absolute Gasteiger partial charge is 0.440 e. The van der Waals surface area contributed by atoms with E-state index in [-0.39, 0.29) is 5.92 Å². The van der Waals surface area contributed by atoms with Crippen LogP contribution in [0.5, 0.6) is 0 Å². The maximum absolute atomic E-state index is 11.7. The van der Waals surface area contributed by atoms with Crippen LogP contribution in [0.1, 0.15) is 13.8 Å². The van der Waals surface area contributed by atoms with Crippen molar-refractivity contribution in [3.05, 3.63) is 0 Å². The van der Waals surface area contributed by atoms with Gasteiger partial charge in [0, 0.05) is 0 Å². The number of alkyl carbamates (subject to hydrolysis) is 1. The van der Waals surface area contributed by atoms with Crippen LogP contribution in [0.3, 0.4) is 0 Å². The fourth-order valence-electron chi connectivity index (χ4n) is 0.882. The van der Waals surface area contributed by atoms with Crippen molar-refractivity contribution in [3.8, 4) is 0 Å². The van der Waals surface area contributed by atoms with Gasteiger partial charge in [0.1, 0.15) is 6.04 Å². The maximum atomic E-state index is 11.7. The summed E-state index contributed by atoms with van der Waals surface area (Å²) in [5, 5.41) is 1.95. The molecule has 8 heteroatoms. The molecule has 0 aliphatic heterocycles. The number of hydrogen-bond acceptors (Lipinski definition) is 3. The van der Waals surface area contributed by atoms with E-state index < -0.39 is 30.8 Å². The molecule has 0 spiro atoms. The highest BCUT2D eigenvalue weighted by molar-refractivity contribution is 5.84. The van der Waals surface area contributed by atoms with Crippen LogP contribution in [0.15, 0.2) is 0 Å². The second kappa shape index (κ2) is 5.57. The summed E-state index contributed by atoms with van der Waals surface area (Å²) in [6, 6.07) is -1.05. The fourth-order valence-corrected chi connectivity index (χ4v) is 0.882. The second-order valence-electron chi connectivity index (χ2n) is 3.46. The zero-order valence-electron chi connectivity index (χ0n) is 8.80. The van der Waals surface area contributed by atoms with E-state index in [0.717, 1.165) is 0 Å². The first-order chi connectivity index (χ1) is 7.13. The molecule has 0 radical (unpaired) electrons. The Labute approximate surface area is 90.1 Å². The van der Waals surface area contributed by atoms with Crippen LogP contribution < -0.4 is 11.1 Å². The minimum Gasteiger partial charge on any atom is -0.440 e. The molecular formula is C8H13F3N2O3. The molecule has 0 fully saturated rings. The normalized spacial score (nSPS) is 13.4. The molecule has 2 amide bonds. The molecule has 0 unspecified atom stereocenters. The Bertz CT molecular complexity index is 266. The number of carbonyl (C=O) groups excluding carboxylic acids is 2. The number of nitrogens with two attached hydrogens (primary N) is 1. The summed E-state index contributed by atoms with van der Waals surface area (Å²) < 4.78 is 38.9. The van der Waals surface area contributed by atoms with Gasteiger partial charge < -0.3 is 15.8 Å². The minimum atomic E-state index is -4.60. The van der Waals surface area contributed by atoms with Crippen LogP contribution in [0.2, 0.25) is 0 Å². The molecule has 0 bridgehead atoms. The topological polar surface area (TPSA) is 81.4 Å². The van der Waals surface area contributed by atoms with Gasteiger partial charge in [0.15, 0.2) is 6.61 Å². The Morgan fingerprint density at radius 3 is 2.19 bits per heavy atom. The van der Waals surface area contributed by atoms with Crippen molar-refractivity contribution in [1.29, 1.82) is 0 Å². The molecule has 1 atom stereocenters. The summed E-state index contributed by atoms with van der Waals surface area (Å²) in [6.07, 6.45) is -5.92. The van der Waals surface area contributed by atoms with Gasteiger partial charge in [0.05, 0.1) is 0 Å². The number of halogens is 3. The Morgan fingerprint density at radius 2 is 1.88 bits per heavy atom. The number of hydrogen-bond donors (Lipinski definition) is 2. The molecule has 0 aromatic rings. The highest BCUT2D eigenvalue weighted by Crippen LogP contribution is 2.14. The number of carbonyl (C=O) groups is 2. The van der Waals surface area contributed by atoms with Crippen LogP contribution >= 0.6 is 0 Å². The monoisotopic (exact) mass is 242 g/mol. The first-order valence-electron chi connectivity index (χ1n) is 4.43. The van der Waals surface area contributed by atoms with Crippen LogP contribution in [0.25, 0.3) is 0 Å². The second-order valence-corrected chi connectivity index (χ2v) is 3.46. The molecule has 0 aromatic heterocycles. The van der Waals surface area contributed by atoms with Crippen molar-refractivity contribution >= 4 is 12.0 Å². The number of nitrogens with one attached hydrogen (secondary N) is 1. The predicted octanol–water partition coefficient (Wildman–Crippen LogP) is 0.785. The summed E-state index contributed by atoms with van der Waals surface area (Å²) in [7, 11) is 0. The zero-order valence-corrected chi connectivity index (χ0v) is 8.80. The van der Waals surface area contributed by atoms with E-state index in [1.165, 1.54) is 0 Å². The Kier molecular flexibility index (Phi) is 5.06.